The summed E-state index contributed by atoms with van der Waals surface area (Å²) in [7, 11) is 3.06. The predicted molar refractivity (Wildman–Crippen MR) is 98.9 cm³/mol. The summed E-state index contributed by atoms with van der Waals surface area (Å²) >= 11 is 0. The topological polar surface area (TPSA) is 89.5 Å². The first kappa shape index (κ1) is 19.2. The number of aromatic nitrogens is 1. The maximum absolute atomic E-state index is 12.5. The minimum Gasteiger partial charge on any atom is -0.497 e. The van der Waals surface area contributed by atoms with Crippen molar-refractivity contribution in [3.05, 3.63) is 47.8 Å². The lowest BCUT2D eigenvalue weighted by Crippen LogP contribution is -2.27. The maximum Gasteiger partial charge on any atom is 0.257 e. The van der Waals surface area contributed by atoms with Crippen LogP contribution < -0.4 is 20.1 Å². The Labute approximate surface area is 152 Å². The number of carbonyl (C=O) groups excluding carboxylic acids is 2. The van der Waals surface area contributed by atoms with Gasteiger partial charge in [0.25, 0.3) is 11.8 Å². The molecule has 2 rings (SSSR count). The van der Waals surface area contributed by atoms with Gasteiger partial charge in [0, 0.05) is 25.0 Å². The molecule has 7 heteroatoms. The van der Waals surface area contributed by atoms with Gasteiger partial charge in [-0.2, -0.15) is 0 Å². The molecule has 0 radical (unpaired) electrons. The first-order valence-corrected chi connectivity index (χ1v) is 8.21. The maximum atomic E-state index is 12.5. The van der Waals surface area contributed by atoms with E-state index in [1.165, 1.54) is 25.6 Å². The Balaban J connectivity index is 2.15. The highest BCUT2D eigenvalue weighted by molar-refractivity contribution is 6.06. The van der Waals surface area contributed by atoms with Crippen molar-refractivity contribution < 1.29 is 19.1 Å². The number of nitrogens with one attached hydrogen (secondary N) is 2. The lowest BCUT2D eigenvalue weighted by Gasteiger charge is -2.12. The SMILES string of the molecule is COc1ccc(NC(=O)c2cncc(C(=O)NCC(C)C)c2)c(OC)c1. The number of hydrogen-bond acceptors (Lipinski definition) is 5. The van der Waals surface area contributed by atoms with Crippen LogP contribution in [0.3, 0.4) is 0 Å². The van der Waals surface area contributed by atoms with Gasteiger partial charge in [-0.05, 0) is 24.1 Å². The minimum absolute atomic E-state index is 0.261. The number of ether oxygens (including phenoxy) is 2. The quantitative estimate of drug-likeness (QED) is 0.795. The van der Waals surface area contributed by atoms with Crippen LogP contribution in [0.15, 0.2) is 36.7 Å². The second-order valence-corrected chi connectivity index (χ2v) is 6.09. The van der Waals surface area contributed by atoms with Crippen molar-refractivity contribution in [3.8, 4) is 11.5 Å². The van der Waals surface area contributed by atoms with Crippen molar-refractivity contribution in [2.75, 3.05) is 26.1 Å². The van der Waals surface area contributed by atoms with Crippen LogP contribution in [0.2, 0.25) is 0 Å². The molecule has 0 saturated carbocycles. The first-order chi connectivity index (χ1) is 12.4. The summed E-state index contributed by atoms with van der Waals surface area (Å²) in [5.74, 6) is 0.769. The highest BCUT2D eigenvalue weighted by atomic mass is 16.5. The van der Waals surface area contributed by atoms with E-state index in [9.17, 15) is 9.59 Å². The number of anilines is 1. The Hall–Kier alpha value is -3.09. The zero-order chi connectivity index (χ0) is 19.1. The average Bonchev–Trinajstić information content (AvgIpc) is 2.66. The monoisotopic (exact) mass is 357 g/mol. The fourth-order valence-electron chi connectivity index (χ4n) is 2.18. The van der Waals surface area contributed by atoms with E-state index in [0.717, 1.165) is 0 Å². The summed E-state index contributed by atoms with van der Waals surface area (Å²) in [5, 5.41) is 5.55. The van der Waals surface area contributed by atoms with E-state index >= 15 is 0 Å². The Kier molecular flexibility index (Phi) is 6.54. The molecule has 1 heterocycles. The van der Waals surface area contributed by atoms with Crippen LogP contribution in [-0.4, -0.2) is 37.6 Å². The smallest absolute Gasteiger partial charge is 0.257 e. The number of benzene rings is 1. The van der Waals surface area contributed by atoms with Crippen LogP contribution in [0, 0.1) is 5.92 Å². The zero-order valence-corrected chi connectivity index (χ0v) is 15.3. The molecular formula is C19H23N3O4. The van der Waals surface area contributed by atoms with E-state index in [1.807, 2.05) is 13.8 Å². The molecule has 0 saturated heterocycles. The van der Waals surface area contributed by atoms with Gasteiger partial charge in [-0.15, -0.1) is 0 Å². The summed E-state index contributed by atoms with van der Waals surface area (Å²) in [6.45, 7) is 4.56. The number of carbonyl (C=O) groups is 2. The van der Waals surface area contributed by atoms with Gasteiger partial charge in [-0.3, -0.25) is 14.6 Å². The van der Waals surface area contributed by atoms with Gasteiger partial charge in [0.2, 0.25) is 0 Å². The van der Waals surface area contributed by atoms with Gasteiger partial charge >= 0.3 is 0 Å². The fraction of sp³-hybridized carbons (Fsp3) is 0.316. The van der Waals surface area contributed by atoms with Crippen LogP contribution in [0.25, 0.3) is 0 Å². The summed E-state index contributed by atoms with van der Waals surface area (Å²) < 4.78 is 10.4. The largest absolute Gasteiger partial charge is 0.497 e. The molecule has 26 heavy (non-hydrogen) atoms. The van der Waals surface area contributed by atoms with Crippen molar-refractivity contribution in [1.29, 1.82) is 0 Å². The van der Waals surface area contributed by atoms with Crippen molar-refractivity contribution in [1.82, 2.24) is 10.3 Å². The lowest BCUT2D eigenvalue weighted by molar-refractivity contribution is 0.0948. The van der Waals surface area contributed by atoms with Gasteiger partial charge in [-0.25, -0.2) is 0 Å². The van der Waals surface area contributed by atoms with Gasteiger partial charge in [0.05, 0.1) is 31.0 Å². The van der Waals surface area contributed by atoms with Gasteiger partial charge in [0.1, 0.15) is 11.5 Å². The Bertz CT molecular complexity index is 790. The van der Waals surface area contributed by atoms with Gasteiger partial charge < -0.3 is 20.1 Å². The molecular weight excluding hydrogens is 334 g/mol. The molecule has 0 fully saturated rings. The lowest BCUT2D eigenvalue weighted by atomic mass is 10.1. The van der Waals surface area contributed by atoms with Crippen molar-refractivity contribution in [3.63, 3.8) is 0 Å². The third-order valence-electron chi connectivity index (χ3n) is 3.59. The first-order valence-electron chi connectivity index (χ1n) is 8.21. The minimum atomic E-state index is -0.389. The molecule has 138 valence electrons. The van der Waals surface area contributed by atoms with Crippen LogP contribution in [0.5, 0.6) is 11.5 Å². The summed E-state index contributed by atoms with van der Waals surface area (Å²) in [6.07, 6.45) is 2.84. The van der Waals surface area contributed by atoms with Gasteiger partial charge in [0.15, 0.2) is 0 Å². The molecule has 0 aliphatic heterocycles. The summed E-state index contributed by atoms with van der Waals surface area (Å²) in [6, 6.07) is 6.58. The number of amides is 2. The zero-order valence-electron chi connectivity index (χ0n) is 15.3. The number of pyridine rings is 1. The van der Waals surface area contributed by atoms with Crippen molar-refractivity contribution >= 4 is 17.5 Å². The Morgan fingerprint density at radius 1 is 1.04 bits per heavy atom. The molecule has 1 aromatic carbocycles. The van der Waals surface area contributed by atoms with Gasteiger partial charge in [-0.1, -0.05) is 13.8 Å². The number of rotatable bonds is 7. The molecule has 7 nitrogen and oxygen atoms in total. The highest BCUT2D eigenvalue weighted by Gasteiger charge is 2.14. The van der Waals surface area contributed by atoms with Crippen LogP contribution in [-0.2, 0) is 0 Å². The molecule has 0 spiro atoms. The molecule has 0 aliphatic carbocycles. The van der Waals surface area contributed by atoms with E-state index in [0.29, 0.717) is 35.2 Å². The molecule has 2 N–H and O–H groups in total. The highest BCUT2D eigenvalue weighted by Crippen LogP contribution is 2.29. The third kappa shape index (κ3) is 4.95. The fourth-order valence-corrected chi connectivity index (χ4v) is 2.18. The molecule has 2 amide bonds. The molecule has 0 atom stereocenters. The van der Waals surface area contributed by atoms with E-state index in [4.69, 9.17) is 9.47 Å². The van der Waals surface area contributed by atoms with E-state index in [-0.39, 0.29) is 17.4 Å². The van der Waals surface area contributed by atoms with Crippen LogP contribution >= 0.6 is 0 Å². The molecule has 0 bridgehead atoms. The number of hydrogen-bond donors (Lipinski definition) is 2. The molecule has 0 unspecified atom stereocenters. The Morgan fingerprint density at radius 3 is 2.35 bits per heavy atom. The van der Waals surface area contributed by atoms with E-state index in [2.05, 4.69) is 15.6 Å². The van der Waals surface area contributed by atoms with Crippen molar-refractivity contribution in [2.45, 2.75) is 13.8 Å². The molecule has 1 aromatic heterocycles. The van der Waals surface area contributed by atoms with E-state index in [1.54, 1.807) is 25.3 Å². The summed E-state index contributed by atoms with van der Waals surface area (Å²) in [4.78, 5) is 28.6. The average molecular weight is 357 g/mol. The predicted octanol–water partition coefficient (Wildman–Crippen LogP) is 2.74. The Morgan fingerprint density at radius 2 is 1.73 bits per heavy atom. The summed E-state index contributed by atoms with van der Waals surface area (Å²) in [5.41, 5.74) is 1.10. The second-order valence-electron chi connectivity index (χ2n) is 6.09. The van der Waals surface area contributed by atoms with Crippen LogP contribution in [0.4, 0.5) is 5.69 Å². The van der Waals surface area contributed by atoms with Crippen molar-refractivity contribution in [2.24, 2.45) is 5.92 Å². The number of nitrogens with zero attached hydrogens (tertiary/aromatic N) is 1. The van der Waals surface area contributed by atoms with Crippen LogP contribution in [0.1, 0.15) is 34.6 Å². The normalized spacial score (nSPS) is 10.3. The number of methoxy groups -OCH3 is 2. The second kappa shape index (κ2) is 8.84. The molecule has 0 aliphatic rings. The standard InChI is InChI=1S/C19H23N3O4/c1-12(2)9-21-18(23)13-7-14(11-20-10-13)19(24)22-16-6-5-15(25-3)8-17(16)26-4/h5-8,10-12H,9H2,1-4H3,(H,21,23)(H,22,24). The third-order valence-corrected chi connectivity index (χ3v) is 3.59. The van der Waals surface area contributed by atoms with E-state index < -0.39 is 0 Å². The molecule has 2 aromatic rings.